The van der Waals surface area contributed by atoms with Crippen molar-refractivity contribution in [2.45, 2.75) is 132 Å². The molecular formula is C34H56O6. The first-order valence-corrected chi connectivity index (χ1v) is 15.6. The number of ketones is 2. The van der Waals surface area contributed by atoms with Crippen molar-refractivity contribution in [3.05, 3.63) is 23.3 Å². The first-order chi connectivity index (χ1) is 18.7. The molecule has 0 N–H and O–H groups in total. The molecule has 1 rings (SSSR count). The molecule has 1 aliphatic rings. The second-order valence-corrected chi connectivity index (χ2v) is 13.1. The van der Waals surface area contributed by atoms with Crippen molar-refractivity contribution in [3.8, 4) is 0 Å². The second kappa shape index (κ2) is 17.5. The Morgan fingerprint density at radius 1 is 0.675 bits per heavy atom. The molecule has 6 heteroatoms. The zero-order valence-electron chi connectivity index (χ0n) is 26.7. The highest BCUT2D eigenvalue weighted by molar-refractivity contribution is 6.20. The molecule has 2 atom stereocenters. The number of rotatable bonds is 20. The van der Waals surface area contributed by atoms with E-state index < -0.39 is 0 Å². The molecule has 0 bridgehead atoms. The lowest BCUT2D eigenvalue weighted by atomic mass is 9.70. The summed E-state index contributed by atoms with van der Waals surface area (Å²) in [6.45, 7) is 17.4. The van der Waals surface area contributed by atoms with Gasteiger partial charge in [-0.05, 0) is 73.3 Å². The minimum absolute atomic E-state index is 0.0502. The summed E-state index contributed by atoms with van der Waals surface area (Å²) in [7, 11) is 0. The van der Waals surface area contributed by atoms with Gasteiger partial charge in [0.05, 0.1) is 13.2 Å². The average molecular weight is 561 g/mol. The first kappa shape index (κ1) is 35.8. The molecule has 40 heavy (non-hydrogen) atoms. The Bertz CT molecular complexity index is 833. The maximum atomic E-state index is 13.2. The van der Waals surface area contributed by atoms with E-state index in [4.69, 9.17) is 9.47 Å². The maximum Gasteiger partial charge on any atom is 0.305 e. The van der Waals surface area contributed by atoms with Crippen molar-refractivity contribution in [2.24, 2.45) is 22.7 Å². The summed E-state index contributed by atoms with van der Waals surface area (Å²) in [6, 6.07) is 0. The number of esters is 2. The maximum absolute atomic E-state index is 13.2. The quantitative estimate of drug-likeness (QED) is 0.110. The predicted molar refractivity (Wildman–Crippen MR) is 161 cm³/mol. The number of hydrogen-bond donors (Lipinski definition) is 0. The molecule has 0 saturated carbocycles. The molecule has 0 amide bonds. The van der Waals surface area contributed by atoms with Crippen LogP contribution in [-0.4, -0.2) is 36.7 Å². The highest BCUT2D eigenvalue weighted by atomic mass is 16.5. The molecule has 0 aliphatic heterocycles. The van der Waals surface area contributed by atoms with Gasteiger partial charge in [0.2, 0.25) is 0 Å². The van der Waals surface area contributed by atoms with Crippen LogP contribution in [-0.2, 0) is 28.7 Å². The SMILES string of the molecule is CCCC(=O)OCCC(C)CCCC(C)(C)C1=CC(=O)C(C(C)(C)CCCC(C)CCOC(=O)CCC)=CC1=O. The fourth-order valence-corrected chi connectivity index (χ4v) is 5.26. The summed E-state index contributed by atoms with van der Waals surface area (Å²) in [6.07, 6.45) is 12.9. The summed E-state index contributed by atoms with van der Waals surface area (Å²) >= 11 is 0. The normalized spacial score (nSPS) is 15.8. The molecule has 1 aliphatic carbocycles. The largest absolute Gasteiger partial charge is 0.466 e. The van der Waals surface area contributed by atoms with Gasteiger partial charge in [-0.15, -0.1) is 0 Å². The van der Waals surface area contributed by atoms with Crippen molar-refractivity contribution in [2.75, 3.05) is 13.2 Å². The summed E-state index contributed by atoms with van der Waals surface area (Å²) in [5.74, 6) is 0.491. The summed E-state index contributed by atoms with van der Waals surface area (Å²) in [5, 5.41) is 0. The van der Waals surface area contributed by atoms with Gasteiger partial charge in [-0.25, -0.2) is 0 Å². The lowest BCUT2D eigenvalue weighted by molar-refractivity contribution is -0.145. The third-order valence-corrected chi connectivity index (χ3v) is 8.19. The summed E-state index contributed by atoms with van der Waals surface area (Å²) < 4.78 is 10.5. The zero-order chi connectivity index (χ0) is 30.3. The van der Waals surface area contributed by atoms with Crippen LogP contribution in [0.15, 0.2) is 23.3 Å². The van der Waals surface area contributed by atoms with Gasteiger partial charge in [0.25, 0.3) is 0 Å². The Labute approximate surface area is 243 Å². The van der Waals surface area contributed by atoms with Gasteiger partial charge in [0.15, 0.2) is 11.6 Å². The number of carbonyl (C=O) groups excluding carboxylic acids is 4. The monoisotopic (exact) mass is 560 g/mol. The van der Waals surface area contributed by atoms with Crippen LogP contribution in [0.4, 0.5) is 0 Å². The van der Waals surface area contributed by atoms with Gasteiger partial charge in [0.1, 0.15) is 0 Å². The molecule has 0 aromatic heterocycles. The second-order valence-electron chi connectivity index (χ2n) is 13.1. The van der Waals surface area contributed by atoms with Crippen LogP contribution < -0.4 is 0 Å². The molecule has 0 heterocycles. The Balaban J connectivity index is 2.55. The molecule has 0 aromatic carbocycles. The molecule has 2 unspecified atom stereocenters. The van der Waals surface area contributed by atoms with Gasteiger partial charge in [-0.1, -0.05) is 81.1 Å². The zero-order valence-corrected chi connectivity index (χ0v) is 26.7. The third kappa shape index (κ3) is 13.0. The van der Waals surface area contributed by atoms with Crippen LogP contribution in [0.3, 0.4) is 0 Å². The van der Waals surface area contributed by atoms with Crippen LogP contribution in [0.1, 0.15) is 132 Å². The van der Waals surface area contributed by atoms with Gasteiger partial charge < -0.3 is 9.47 Å². The highest BCUT2D eigenvalue weighted by Gasteiger charge is 2.36. The number of allylic oxidation sites excluding steroid dienone is 4. The van der Waals surface area contributed by atoms with E-state index in [9.17, 15) is 19.2 Å². The Morgan fingerprint density at radius 3 is 1.35 bits per heavy atom. The fraction of sp³-hybridized carbons (Fsp3) is 0.765. The average Bonchev–Trinajstić information content (AvgIpc) is 2.85. The number of hydrogen-bond acceptors (Lipinski definition) is 6. The van der Waals surface area contributed by atoms with E-state index in [-0.39, 0.29) is 34.3 Å². The molecule has 228 valence electrons. The van der Waals surface area contributed by atoms with Crippen molar-refractivity contribution in [3.63, 3.8) is 0 Å². The minimum atomic E-state index is -0.387. The highest BCUT2D eigenvalue weighted by Crippen LogP contribution is 2.40. The van der Waals surface area contributed by atoms with E-state index in [1.807, 2.05) is 41.5 Å². The summed E-state index contributed by atoms with van der Waals surface area (Å²) in [5.41, 5.74) is 0.429. The van der Waals surface area contributed by atoms with Crippen LogP contribution in [0.25, 0.3) is 0 Å². The number of ether oxygens (including phenoxy) is 2. The van der Waals surface area contributed by atoms with Gasteiger partial charge >= 0.3 is 11.9 Å². The lowest BCUT2D eigenvalue weighted by Gasteiger charge is -2.33. The predicted octanol–water partition coefficient (Wildman–Crippen LogP) is 8.12. The fourth-order valence-electron chi connectivity index (χ4n) is 5.26. The smallest absolute Gasteiger partial charge is 0.305 e. The lowest BCUT2D eigenvalue weighted by Crippen LogP contribution is -2.30. The van der Waals surface area contributed by atoms with Crippen LogP contribution >= 0.6 is 0 Å². The minimum Gasteiger partial charge on any atom is -0.466 e. The van der Waals surface area contributed by atoms with E-state index in [2.05, 4.69) is 13.8 Å². The molecule has 0 radical (unpaired) electrons. The van der Waals surface area contributed by atoms with Crippen molar-refractivity contribution >= 4 is 23.5 Å². The Morgan fingerprint density at radius 2 is 1.02 bits per heavy atom. The third-order valence-electron chi connectivity index (χ3n) is 8.19. The Kier molecular flexibility index (Phi) is 15.7. The van der Waals surface area contributed by atoms with Crippen LogP contribution in [0.5, 0.6) is 0 Å². The molecule has 0 saturated heterocycles. The van der Waals surface area contributed by atoms with Crippen LogP contribution in [0, 0.1) is 22.7 Å². The van der Waals surface area contributed by atoms with Gasteiger partial charge in [0, 0.05) is 24.0 Å². The molecule has 6 nitrogen and oxygen atoms in total. The van der Waals surface area contributed by atoms with Crippen molar-refractivity contribution in [1.29, 1.82) is 0 Å². The van der Waals surface area contributed by atoms with E-state index in [1.165, 1.54) is 0 Å². The van der Waals surface area contributed by atoms with Crippen LogP contribution in [0.2, 0.25) is 0 Å². The van der Waals surface area contributed by atoms with Crippen molar-refractivity contribution in [1.82, 2.24) is 0 Å². The standard InChI is InChI=1S/C34H56O6/c1-9-13-31(37)39-21-17-25(3)15-11-19-33(5,6)27-23-30(36)28(24-29(27)35)34(7,8)20-12-16-26(4)18-22-40-32(38)14-10-2/h23-26H,9-22H2,1-8H3. The summed E-state index contributed by atoms with van der Waals surface area (Å²) in [4.78, 5) is 49.5. The van der Waals surface area contributed by atoms with Gasteiger partial charge in [-0.3, -0.25) is 19.2 Å². The molecule has 0 fully saturated rings. The molecular weight excluding hydrogens is 504 g/mol. The van der Waals surface area contributed by atoms with Gasteiger partial charge in [-0.2, -0.15) is 0 Å². The number of carbonyl (C=O) groups is 4. The van der Waals surface area contributed by atoms with E-state index in [1.54, 1.807) is 12.2 Å². The molecule has 0 aromatic rings. The Hall–Kier alpha value is -2.24. The first-order valence-electron chi connectivity index (χ1n) is 15.6. The topological polar surface area (TPSA) is 86.7 Å². The van der Waals surface area contributed by atoms with E-state index in [0.717, 1.165) is 64.2 Å². The van der Waals surface area contributed by atoms with E-state index >= 15 is 0 Å². The van der Waals surface area contributed by atoms with Crippen molar-refractivity contribution < 1.29 is 28.7 Å². The van der Waals surface area contributed by atoms with E-state index in [0.29, 0.717) is 49.0 Å². The molecule has 0 spiro atoms.